The average Bonchev–Trinajstić information content (AvgIpc) is 2.74. The molecule has 166 valence electrons. The SMILES string of the molecule is CCNC(=NCc1cc(OC)c(OC)c(OC)c1)NCC(O)c1ccccc1Cl.I. The highest BCUT2D eigenvalue weighted by Crippen LogP contribution is 2.38. The number of nitrogens with one attached hydrogen (secondary N) is 2. The van der Waals surface area contributed by atoms with Gasteiger partial charge >= 0.3 is 0 Å². The molecule has 0 spiro atoms. The topological polar surface area (TPSA) is 84.3 Å². The number of methoxy groups -OCH3 is 3. The van der Waals surface area contributed by atoms with Gasteiger partial charge in [0.1, 0.15) is 0 Å². The standard InChI is InChI=1S/C21H28ClN3O4.HI/c1-5-23-21(25-13-17(26)15-8-6-7-9-16(15)22)24-12-14-10-18(27-2)20(29-4)19(11-14)28-3;/h6-11,17,26H,5,12-13H2,1-4H3,(H2,23,24,25);1H. The van der Waals surface area contributed by atoms with Gasteiger partial charge < -0.3 is 30.0 Å². The van der Waals surface area contributed by atoms with E-state index in [0.717, 1.165) is 5.56 Å². The van der Waals surface area contributed by atoms with Gasteiger partial charge in [-0.05, 0) is 30.7 Å². The molecule has 0 amide bonds. The first-order chi connectivity index (χ1) is 14.0. The summed E-state index contributed by atoms with van der Waals surface area (Å²) in [5, 5.41) is 17.3. The summed E-state index contributed by atoms with van der Waals surface area (Å²) in [4.78, 5) is 4.58. The summed E-state index contributed by atoms with van der Waals surface area (Å²) in [6.45, 7) is 3.31. The Bertz CT molecular complexity index is 811. The summed E-state index contributed by atoms with van der Waals surface area (Å²) >= 11 is 6.15. The van der Waals surface area contributed by atoms with E-state index in [1.165, 1.54) is 0 Å². The van der Waals surface area contributed by atoms with Gasteiger partial charge in [0.25, 0.3) is 0 Å². The third kappa shape index (κ3) is 7.10. The molecule has 30 heavy (non-hydrogen) atoms. The Balaban J connectivity index is 0.00000450. The molecule has 0 aliphatic carbocycles. The molecule has 0 aliphatic heterocycles. The van der Waals surface area contributed by atoms with Crippen molar-refractivity contribution in [3.63, 3.8) is 0 Å². The Morgan fingerprint density at radius 2 is 1.70 bits per heavy atom. The average molecular weight is 550 g/mol. The van der Waals surface area contributed by atoms with Gasteiger partial charge in [0.05, 0.1) is 34.0 Å². The fourth-order valence-corrected chi connectivity index (χ4v) is 3.05. The van der Waals surface area contributed by atoms with E-state index in [4.69, 9.17) is 25.8 Å². The van der Waals surface area contributed by atoms with Crippen LogP contribution in [0.15, 0.2) is 41.4 Å². The first kappa shape index (κ1) is 26.1. The van der Waals surface area contributed by atoms with Crippen LogP contribution in [0.4, 0.5) is 0 Å². The normalized spacial score (nSPS) is 11.9. The van der Waals surface area contributed by atoms with Gasteiger partial charge in [-0.1, -0.05) is 29.8 Å². The van der Waals surface area contributed by atoms with E-state index in [9.17, 15) is 5.11 Å². The smallest absolute Gasteiger partial charge is 0.203 e. The molecule has 7 nitrogen and oxygen atoms in total. The summed E-state index contributed by atoms with van der Waals surface area (Å²) in [6, 6.07) is 10.9. The number of aliphatic hydroxyl groups excluding tert-OH is 1. The number of ether oxygens (including phenoxy) is 3. The first-order valence-electron chi connectivity index (χ1n) is 9.27. The highest BCUT2D eigenvalue weighted by Gasteiger charge is 2.14. The molecular weight excluding hydrogens is 521 g/mol. The molecule has 0 aromatic heterocycles. The van der Waals surface area contributed by atoms with Crippen LogP contribution in [0.5, 0.6) is 17.2 Å². The van der Waals surface area contributed by atoms with Gasteiger partial charge in [-0.2, -0.15) is 0 Å². The molecule has 0 heterocycles. The molecule has 3 N–H and O–H groups in total. The second kappa shape index (κ2) is 13.4. The molecule has 1 atom stereocenters. The second-order valence-corrected chi connectivity index (χ2v) is 6.55. The maximum absolute atomic E-state index is 10.4. The summed E-state index contributed by atoms with van der Waals surface area (Å²) in [6.07, 6.45) is -0.756. The molecule has 2 rings (SSSR count). The zero-order valence-electron chi connectivity index (χ0n) is 17.6. The third-order valence-electron chi connectivity index (χ3n) is 4.22. The highest BCUT2D eigenvalue weighted by molar-refractivity contribution is 14.0. The fraction of sp³-hybridized carbons (Fsp3) is 0.381. The quantitative estimate of drug-likeness (QED) is 0.251. The van der Waals surface area contributed by atoms with Crippen LogP contribution < -0.4 is 24.8 Å². The fourth-order valence-electron chi connectivity index (χ4n) is 2.79. The van der Waals surface area contributed by atoms with Crippen molar-refractivity contribution in [2.24, 2.45) is 4.99 Å². The third-order valence-corrected chi connectivity index (χ3v) is 4.56. The lowest BCUT2D eigenvalue weighted by atomic mass is 10.1. The minimum Gasteiger partial charge on any atom is -0.493 e. The number of guanidine groups is 1. The van der Waals surface area contributed by atoms with Crippen molar-refractivity contribution in [1.29, 1.82) is 0 Å². The number of aliphatic imine (C=N–C) groups is 1. The number of halogens is 2. The highest BCUT2D eigenvalue weighted by atomic mass is 127. The van der Waals surface area contributed by atoms with E-state index >= 15 is 0 Å². The Labute approximate surface area is 199 Å². The van der Waals surface area contributed by atoms with Crippen molar-refractivity contribution in [2.75, 3.05) is 34.4 Å². The Kier molecular flexibility index (Phi) is 11.7. The first-order valence-corrected chi connectivity index (χ1v) is 9.65. The van der Waals surface area contributed by atoms with Crippen LogP contribution in [0, 0.1) is 0 Å². The number of nitrogens with zero attached hydrogens (tertiary/aromatic N) is 1. The maximum Gasteiger partial charge on any atom is 0.203 e. The number of hydrogen-bond acceptors (Lipinski definition) is 5. The molecule has 2 aromatic carbocycles. The number of hydrogen-bond donors (Lipinski definition) is 3. The zero-order chi connectivity index (χ0) is 21.2. The summed E-state index contributed by atoms with van der Waals surface area (Å²) in [5.41, 5.74) is 1.56. The molecule has 0 fully saturated rings. The largest absolute Gasteiger partial charge is 0.493 e. The lowest BCUT2D eigenvalue weighted by molar-refractivity contribution is 0.181. The van der Waals surface area contributed by atoms with Crippen molar-refractivity contribution in [2.45, 2.75) is 19.6 Å². The van der Waals surface area contributed by atoms with Gasteiger partial charge in [0.15, 0.2) is 17.5 Å². The molecule has 0 saturated carbocycles. The van der Waals surface area contributed by atoms with Crippen LogP contribution in [0.25, 0.3) is 0 Å². The molecule has 9 heteroatoms. The lowest BCUT2D eigenvalue weighted by Crippen LogP contribution is -2.39. The van der Waals surface area contributed by atoms with E-state index in [2.05, 4.69) is 15.6 Å². The van der Waals surface area contributed by atoms with Crippen molar-refractivity contribution in [3.8, 4) is 17.2 Å². The lowest BCUT2D eigenvalue weighted by Gasteiger charge is -2.17. The minimum atomic E-state index is -0.756. The summed E-state index contributed by atoms with van der Waals surface area (Å²) < 4.78 is 16.1. The van der Waals surface area contributed by atoms with Gasteiger partial charge in [-0.25, -0.2) is 4.99 Å². The molecule has 1 unspecified atom stereocenters. The van der Waals surface area contributed by atoms with Crippen LogP contribution in [0.1, 0.15) is 24.2 Å². The van der Waals surface area contributed by atoms with Crippen LogP contribution in [0.2, 0.25) is 5.02 Å². The summed E-state index contributed by atoms with van der Waals surface area (Å²) in [7, 11) is 4.72. The Morgan fingerprint density at radius 3 is 2.23 bits per heavy atom. The monoisotopic (exact) mass is 549 g/mol. The van der Waals surface area contributed by atoms with Gasteiger partial charge in [-0.15, -0.1) is 24.0 Å². The van der Waals surface area contributed by atoms with Gasteiger partial charge in [0.2, 0.25) is 5.75 Å². The molecule has 0 aliphatic rings. The Hall–Kier alpha value is -1.91. The van der Waals surface area contributed by atoms with E-state index < -0.39 is 6.10 Å². The molecule has 0 radical (unpaired) electrons. The molecule has 0 bridgehead atoms. The predicted molar refractivity (Wildman–Crippen MR) is 131 cm³/mol. The van der Waals surface area contributed by atoms with Gasteiger partial charge in [-0.3, -0.25) is 0 Å². The number of benzene rings is 2. The van der Waals surface area contributed by atoms with E-state index in [-0.39, 0.29) is 30.5 Å². The molecule has 0 saturated heterocycles. The Morgan fingerprint density at radius 1 is 1.07 bits per heavy atom. The van der Waals surface area contributed by atoms with E-state index in [0.29, 0.717) is 46.9 Å². The van der Waals surface area contributed by atoms with Crippen LogP contribution in [-0.4, -0.2) is 45.5 Å². The number of aliphatic hydroxyl groups is 1. The predicted octanol–water partition coefficient (Wildman–Crippen LogP) is 3.77. The van der Waals surface area contributed by atoms with Crippen molar-refractivity contribution in [1.82, 2.24) is 10.6 Å². The van der Waals surface area contributed by atoms with Crippen molar-refractivity contribution in [3.05, 3.63) is 52.5 Å². The zero-order valence-corrected chi connectivity index (χ0v) is 20.7. The van der Waals surface area contributed by atoms with Crippen molar-refractivity contribution < 1.29 is 19.3 Å². The minimum absolute atomic E-state index is 0. The van der Waals surface area contributed by atoms with E-state index in [1.54, 1.807) is 33.5 Å². The van der Waals surface area contributed by atoms with Crippen molar-refractivity contribution >= 4 is 41.5 Å². The summed E-state index contributed by atoms with van der Waals surface area (Å²) in [5.74, 6) is 2.26. The second-order valence-electron chi connectivity index (χ2n) is 6.15. The van der Waals surface area contributed by atoms with E-state index in [1.807, 2.05) is 31.2 Å². The van der Waals surface area contributed by atoms with Gasteiger partial charge in [0, 0.05) is 23.7 Å². The van der Waals surface area contributed by atoms with Crippen LogP contribution >= 0.6 is 35.6 Å². The van der Waals surface area contributed by atoms with Crippen LogP contribution in [0.3, 0.4) is 0 Å². The molecule has 2 aromatic rings. The maximum atomic E-state index is 10.4. The number of rotatable bonds is 9. The molecular formula is C21H29ClIN3O4. The van der Waals surface area contributed by atoms with Crippen LogP contribution in [-0.2, 0) is 6.54 Å².